The van der Waals surface area contributed by atoms with Crippen molar-refractivity contribution in [3.8, 4) is 11.4 Å². The molecular weight excluding hydrogens is 596 g/mol. The van der Waals surface area contributed by atoms with E-state index in [9.17, 15) is 9.59 Å². The van der Waals surface area contributed by atoms with Crippen LogP contribution in [0.15, 0.2) is 54.6 Å². The molecule has 47 heavy (non-hydrogen) atoms. The van der Waals surface area contributed by atoms with Crippen molar-refractivity contribution in [1.29, 1.82) is 0 Å². The molecule has 248 valence electrons. The Bertz CT molecular complexity index is 1550. The summed E-state index contributed by atoms with van der Waals surface area (Å²) in [6.07, 6.45) is 2.43. The molecular formula is C35H44N8O4. The van der Waals surface area contributed by atoms with Gasteiger partial charge in [0.1, 0.15) is 11.6 Å². The van der Waals surface area contributed by atoms with Crippen LogP contribution in [0.2, 0.25) is 0 Å². The van der Waals surface area contributed by atoms with Crippen LogP contribution in [0.3, 0.4) is 0 Å². The highest BCUT2D eigenvalue weighted by Gasteiger charge is 2.39. The average Bonchev–Trinajstić information content (AvgIpc) is 3.32. The Kier molecular flexibility index (Phi) is 8.98. The number of anilines is 4. The third kappa shape index (κ3) is 7.04. The van der Waals surface area contributed by atoms with Gasteiger partial charge in [-0.15, -0.1) is 0 Å². The molecule has 5 heterocycles. The molecule has 2 N–H and O–H groups in total. The van der Waals surface area contributed by atoms with Gasteiger partial charge >= 0.3 is 6.03 Å². The predicted octanol–water partition coefficient (Wildman–Crippen LogP) is 4.16. The van der Waals surface area contributed by atoms with Crippen LogP contribution in [-0.2, 0) is 9.47 Å². The van der Waals surface area contributed by atoms with Gasteiger partial charge in [-0.1, -0.05) is 0 Å². The van der Waals surface area contributed by atoms with Gasteiger partial charge in [-0.25, -0.2) is 14.8 Å². The summed E-state index contributed by atoms with van der Waals surface area (Å²) >= 11 is 0. The Labute approximate surface area is 276 Å². The van der Waals surface area contributed by atoms with Crippen LogP contribution in [-0.4, -0.2) is 116 Å². The molecule has 0 saturated carbocycles. The zero-order chi connectivity index (χ0) is 32.5. The number of hydrogen-bond donors (Lipinski definition) is 2. The summed E-state index contributed by atoms with van der Waals surface area (Å²) < 4.78 is 11.9. The number of ether oxygens (including phenoxy) is 2. The molecule has 3 aromatic rings. The Morgan fingerprint density at radius 1 is 0.787 bits per heavy atom. The molecule has 2 aromatic carbocycles. The van der Waals surface area contributed by atoms with Crippen molar-refractivity contribution in [2.75, 3.05) is 80.0 Å². The summed E-state index contributed by atoms with van der Waals surface area (Å²) in [5.74, 6) is 2.50. The van der Waals surface area contributed by atoms with Gasteiger partial charge in [0.25, 0.3) is 5.91 Å². The number of nitrogens with one attached hydrogen (secondary N) is 2. The third-order valence-electron chi connectivity index (χ3n) is 9.53. The fourth-order valence-corrected chi connectivity index (χ4v) is 7.10. The van der Waals surface area contributed by atoms with Crippen molar-refractivity contribution >= 4 is 34.9 Å². The number of nitrogens with zero attached hydrogens (tertiary/aromatic N) is 6. The summed E-state index contributed by atoms with van der Waals surface area (Å²) in [5, 5.41) is 5.76. The summed E-state index contributed by atoms with van der Waals surface area (Å²) in [6, 6.07) is 17.0. The second kappa shape index (κ2) is 13.5. The fourth-order valence-electron chi connectivity index (χ4n) is 7.10. The van der Waals surface area contributed by atoms with Crippen LogP contribution < -0.4 is 20.4 Å². The van der Waals surface area contributed by atoms with E-state index >= 15 is 0 Å². The Balaban J connectivity index is 1.04. The molecule has 0 spiro atoms. The molecule has 4 aliphatic rings. The lowest BCUT2D eigenvalue weighted by atomic mass is 10.1. The number of aromatic nitrogens is 2. The van der Waals surface area contributed by atoms with E-state index in [2.05, 4.69) is 52.3 Å². The third-order valence-corrected chi connectivity index (χ3v) is 9.53. The molecule has 1 aromatic heterocycles. The van der Waals surface area contributed by atoms with E-state index in [0.29, 0.717) is 34.8 Å². The van der Waals surface area contributed by atoms with Crippen LogP contribution in [0.1, 0.15) is 37.0 Å². The number of hydrogen-bond acceptors (Lipinski definition) is 9. The molecule has 12 nitrogen and oxygen atoms in total. The molecule has 4 aliphatic heterocycles. The number of carbonyl (C=O) groups excluding carboxylic acids is 2. The molecule has 7 rings (SSSR count). The van der Waals surface area contributed by atoms with E-state index in [1.807, 2.05) is 29.2 Å². The number of piperazine rings is 1. The molecule has 4 saturated heterocycles. The first kappa shape index (κ1) is 31.3. The number of benzene rings is 2. The quantitative estimate of drug-likeness (QED) is 0.410. The number of urea groups is 1. The van der Waals surface area contributed by atoms with Gasteiger partial charge in [0, 0.05) is 67.8 Å². The smallest absolute Gasteiger partial charge is 0.323 e. The number of morpholine rings is 2. The van der Waals surface area contributed by atoms with E-state index in [-0.39, 0.29) is 24.1 Å². The van der Waals surface area contributed by atoms with E-state index in [0.717, 1.165) is 82.5 Å². The van der Waals surface area contributed by atoms with Crippen molar-refractivity contribution in [3.63, 3.8) is 0 Å². The van der Waals surface area contributed by atoms with Crippen molar-refractivity contribution < 1.29 is 19.1 Å². The molecule has 4 fully saturated rings. The number of carbonyl (C=O) groups is 2. The molecule has 0 aliphatic carbocycles. The predicted molar refractivity (Wildman–Crippen MR) is 182 cm³/mol. The van der Waals surface area contributed by atoms with Crippen LogP contribution >= 0.6 is 0 Å². The van der Waals surface area contributed by atoms with Crippen molar-refractivity contribution in [3.05, 3.63) is 60.2 Å². The van der Waals surface area contributed by atoms with Crippen molar-refractivity contribution in [2.24, 2.45) is 0 Å². The number of amides is 3. The second-order valence-electron chi connectivity index (χ2n) is 13.2. The SMILES string of the molecule is CC1CN(c2cc(N3C4CCC3COC4)nc(-c3ccc(NC(=O)Nc4ccc(C(=O)N5CCN(C)CC5)cc4)cc3)n2)CC(C)O1. The topological polar surface area (TPSA) is 115 Å². The highest BCUT2D eigenvalue weighted by Crippen LogP contribution is 2.36. The molecule has 4 atom stereocenters. The summed E-state index contributed by atoms with van der Waals surface area (Å²) in [4.78, 5) is 44.6. The first-order chi connectivity index (χ1) is 22.8. The summed E-state index contributed by atoms with van der Waals surface area (Å²) in [5.41, 5.74) is 2.74. The lowest BCUT2D eigenvalue weighted by Gasteiger charge is -2.38. The van der Waals surface area contributed by atoms with Crippen molar-refractivity contribution in [1.82, 2.24) is 19.8 Å². The molecule has 12 heteroatoms. The number of fused-ring (bicyclic) bond motifs is 2. The Hall–Kier alpha value is -4.26. The van der Waals surface area contributed by atoms with Gasteiger partial charge in [0.05, 0.1) is 37.5 Å². The zero-order valence-corrected chi connectivity index (χ0v) is 27.4. The average molecular weight is 641 g/mol. The van der Waals surface area contributed by atoms with E-state index < -0.39 is 0 Å². The fraction of sp³-hybridized carbons (Fsp3) is 0.486. The van der Waals surface area contributed by atoms with Gasteiger partial charge in [-0.05, 0) is 82.3 Å². The maximum Gasteiger partial charge on any atom is 0.323 e. The highest BCUT2D eigenvalue weighted by molar-refractivity contribution is 6.00. The Morgan fingerprint density at radius 2 is 1.36 bits per heavy atom. The molecule has 3 amide bonds. The Morgan fingerprint density at radius 3 is 1.98 bits per heavy atom. The standard InChI is InChI=1S/C35H44N8O4/c1-23-19-42(20-24(2)47-23)31-18-32(43-29-12-13-30(43)22-46-21-29)39-33(38-31)25-4-8-27(9-5-25)36-35(45)37-28-10-6-26(7-11-28)34(44)41-16-14-40(3)15-17-41/h4-11,18,23-24,29-30H,12-17,19-22H2,1-3H3,(H2,36,37,45). The maximum absolute atomic E-state index is 12.9. The molecule has 0 radical (unpaired) electrons. The van der Waals surface area contributed by atoms with Gasteiger partial charge in [-0.3, -0.25) is 4.79 Å². The van der Waals surface area contributed by atoms with E-state index in [4.69, 9.17) is 19.4 Å². The summed E-state index contributed by atoms with van der Waals surface area (Å²) in [7, 11) is 2.06. The van der Waals surface area contributed by atoms with E-state index in [1.54, 1.807) is 24.3 Å². The normalized spacial score (nSPS) is 24.7. The minimum absolute atomic E-state index is 0.0159. The van der Waals surface area contributed by atoms with Gasteiger partial charge < -0.3 is 39.7 Å². The van der Waals surface area contributed by atoms with Gasteiger partial charge in [-0.2, -0.15) is 0 Å². The number of rotatable bonds is 6. The van der Waals surface area contributed by atoms with Gasteiger partial charge in [0.2, 0.25) is 0 Å². The van der Waals surface area contributed by atoms with Crippen molar-refractivity contribution in [2.45, 2.75) is 51.0 Å². The summed E-state index contributed by atoms with van der Waals surface area (Å²) in [6.45, 7) is 10.4. The van der Waals surface area contributed by atoms with Gasteiger partial charge in [0.15, 0.2) is 5.82 Å². The lowest BCUT2D eigenvalue weighted by molar-refractivity contribution is -0.00546. The lowest BCUT2D eigenvalue weighted by Crippen LogP contribution is -2.47. The van der Waals surface area contributed by atoms with Crippen LogP contribution in [0, 0.1) is 0 Å². The number of likely N-dealkylation sites (N-methyl/N-ethyl adjacent to an activating group) is 1. The highest BCUT2D eigenvalue weighted by atomic mass is 16.5. The van der Waals surface area contributed by atoms with Crippen LogP contribution in [0.5, 0.6) is 0 Å². The minimum Gasteiger partial charge on any atom is -0.377 e. The first-order valence-electron chi connectivity index (χ1n) is 16.7. The minimum atomic E-state index is -0.366. The zero-order valence-electron chi connectivity index (χ0n) is 27.4. The monoisotopic (exact) mass is 640 g/mol. The largest absolute Gasteiger partial charge is 0.377 e. The first-order valence-corrected chi connectivity index (χ1v) is 16.7. The maximum atomic E-state index is 12.9. The van der Waals surface area contributed by atoms with Crippen LogP contribution in [0.25, 0.3) is 11.4 Å². The van der Waals surface area contributed by atoms with Crippen LogP contribution in [0.4, 0.5) is 27.8 Å². The second-order valence-corrected chi connectivity index (χ2v) is 13.2. The molecule has 4 unspecified atom stereocenters. The molecule has 2 bridgehead atoms. The van der Waals surface area contributed by atoms with E-state index in [1.165, 1.54) is 0 Å².